The van der Waals surface area contributed by atoms with Crippen molar-refractivity contribution in [1.82, 2.24) is 0 Å². The lowest BCUT2D eigenvalue weighted by Crippen LogP contribution is -2.20. The molecule has 124 valence electrons. The topological polar surface area (TPSA) is 55.4 Å². The van der Waals surface area contributed by atoms with Crippen molar-refractivity contribution in [3.63, 3.8) is 0 Å². The molecule has 0 aliphatic rings. The zero-order valence-electron chi connectivity index (χ0n) is 12.3. The van der Waals surface area contributed by atoms with Crippen molar-refractivity contribution >= 4 is 46.8 Å². The summed E-state index contributed by atoms with van der Waals surface area (Å²) in [4.78, 5) is 23.3. The first-order valence-corrected chi connectivity index (χ1v) is 7.55. The smallest absolute Gasteiger partial charge is 0.331 e. The Labute approximate surface area is 147 Å². The summed E-state index contributed by atoms with van der Waals surface area (Å²) in [6.45, 7) is -0.511. The SMILES string of the molecule is O=C(COC(=O)/C=C/c1ccccc1F)Nc1cc(Cl)ccc1Cl. The van der Waals surface area contributed by atoms with Gasteiger partial charge < -0.3 is 10.1 Å². The summed E-state index contributed by atoms with van der Waals surface area (Å²) in [5.41, 5.74) is 0.553. The van der Waals surface area contributed by atoms with Gasteiger partial charge in [0.1, 0.15) is 5.82 Å². The van der Waals surface area contributed by atoms with Gasteiger partial charge in [-0.3, -0.25) is 4.79 Å². The van der Waals surface area contributed by atoms with Crippen LogP contribution in [0.5, 0.6) is 0 Å². The van der Waals surface area contributed by atoms with Crippen molar-refractivity contribution < 1.29 is 18.7 Å². The number of esters is 1. The van der Waals surface area contributed by atoms with E-state index >= 15 is 0 Å². The average Bonchev–Trinajstić information content (AvgIpc) is 2.55. The van der Waals surface area contributed by atoms with E-state index in [-0.39, 0.29) is 5.56 Å². The maximum Gasteiger partial charge on any atom is 0.331 e. The maximum atomic E-state index is 13.4. The largest absolute Gasteiger partial charge is 0.452 e. The predicted molar refractivity (Wildman–Crippen MR) is 91.5 cm³/mol. The molecule has 2 rings (SSSR count). The lowest BCUT2D eigenvalue weighted by atomic mass is 10.2. The number of carbonyl (C=O) groups is 2. The van der Waals surface area contributed by atoms with Crippen LogP contribution in [0.3, 0.4) is 0 Å². The fraction of sp³-hybridized carbons (Fsp3) is 0.0588. The molecular weight excluding hydrogens is 356 g/mol. The molecular formula is C17H12Cl2FNO3. The van der Waals surface area contributed by atoms with E-state index in [1.165, 1.54) is 36.4 Å². The third-order valence-electron chi connectivity index (χ3n) is 2.85. The van der Waals surface area contributed by atoms with Crippen LogP contribution < -0.4 is 5.32 Å². The number of nitrogens with one attached hydrogen (secondary N) is 1. The Hall–Kier alpha value is -2.37. The standard InChI is InChI=1S/C17H12Cl2FNO3/c18-12-6-7-13(19)15(9-12)21-16(22)10-24-17(23)8-5-11-3-1-2-4-14(11)20/h1-9H,10H2,(H,21,22)/b8-5+. The van der Waals surface area contributed by atoms with Gasteiger partial charge in [0.05, 0.1) is 10.7 Å². The zero-order chi connectivity index (χ0) is 17.5. The van der Waals surface area contributed by atoms with Crippen LogP contribution in [-0.2, 0) is 14.3 Å². The van der Waals surface area contributed by atoms with Crippen LogP contribution in [0, 0.1) is 5.82 Å². The third-order valence-corrected chi connectivity index (χ3v) is 3.42. The summed E-state index contributed by atoms with van der Waals surface area (Å²) >= 11 is 11.7. The quantitative estimate of drug-likeness (QED) is 0.632. The first-order chi connectivity index (χ1) is 11.5. The van der Waals surface area contributed by atoms with Crippen LogP contribution in [0.2, 0.25) is 10.0 Å². The summed E-state index contributed by atoms with van der Waals surface area (Å²) in [5.74, 6) is -1.81. The first-order valence-electron chi connectivity index (χ1n) is 6.80. The van der Waals surface area contributed by atoms with Gasteiger partial charge in [0.15, 0.2) is 6.61 Å². The number of carbonyl (C=O) groups excluding carboxylic acids is 2. The number of amides is 1. The number of halogens is 3. The Morgan fingerprint density at radius 1 is 1.17 bits per heavy atom. The van der Waals surface area contributed by atoms with Crippen molar-refractivity contribution in [3.05, 3.63) is 70.0 Å². The van der Waals surface area contributed by atoms with Gasteiger partial charge in [-0.05, 0) is 30.3 Å². The molecule has 0 saturated carbocycles. The zero-order valence-corrected chi connectivity index (χ0v) is 13.8. The van der Waals surface area contributed by atoms with Crippen LogP contribution >= 0.6 is 23.2 Å². The van der Waals surface area contributed by atoms with E-state index in [1.807, 2.05) is 0 Å². The van der Waals surface area contributed by atoms with E-state index in [4.69, 9.17) is 27.9 Å². The second-order valence-electron chi connectivity index (χ2n) is 4.63. The molecule has 0 heterocycles. The highest BCUT2D eigenvalue weighted by atomic mass is 35.5. The Bertz CT molecular complexity index is 793. The number of hydrogen-bond acceptors (Lipinski definition) is 3. The molecule has 4 nitrogen and oxygen atoms in total. The predicted octanol–water partition coefficient (Wildman–Crippen LogP) is 4.33. The molecule has 0 radical (unpaired) electrons. The normalized spacial score (nSPS) is 10.6. The summed E-state index contributed by atoms with van der Waals surface area (Å²) in [6, 6.07) is 10.5. The fourth-order valence-corrected chi connectivity index (χ4v) is 2.07. The number of hydrogen-bond donors (Lipinski definition) is 1. The van der Waals surface area contributed by atoms with Crippen molar-refractivity contribution in [2.75, 3.05) is 11.9 Å². The Balaban J connectivity index is 1.86. The summed E-state index contributed by atoms with van der Waals surface area (Å²) in [6.07, 6.45) is 2.31. The van der Waals surface area contributed by atoms with Crippen LogP contribution in [0.15, 0.2) is 48.5 Å². The fourth-order valence-electron chi connectivity index (χ4n) is 1.73. The van der Waals surface area contributed by atoms with Gasteiger partial charge in [0.2, 0.25) is 0 Å². The lowest BCUT2D eigenvalue weighted by molar-refractivity contribution is -0.142. The average molecular weight is 368 g/mol. The second-order valence-corrected chi connectivity index (χ2v) is 5.48. The van der Waals surface area contributed by atoms with Gasteiger partial charge in [0.25, 0.3) is 5.91 Å². The van der Waals surface area contributed by atoms with E-state index < -0.39 is 24.3 Å². The lowest BCUT2D eigenvalue weighted by Gasteiger charge is -2.07. The minimum Gasteiger partial charge on any atom is -0.452 e. The molecule has 24 heavy (non-hydrogen) atoms. The van der Waals surface area contributed by atoms with Crippen molar-refractivity contribution in [2.45, 2.75) is 0 Å². The van der Waals surface area contributed by atoms with Gasteiger partial charge in [-0.25, -0.2) is 9.18 Å². The van der Waals surface area contributed by atoms with Gasteiger partial charge >= 0.3 is 5.97 Å². The molecule has 1 N–H and O–H groups in total. The third kappa shape index (κ3) is 5.37. The molecule has 0 atom stereocenters. The highest BCUT2D eigenvalue weighted by Crippen LogP contribution is 2.25. The highest BCUT2D eigenvalue weighted by molar-refractivity contribution is 6.35. The van der Waals surface area contributed by atoms with Crippen molar-refractivity contribution in [2.24, 2.45) is 0 Å². The van der Waals surface area contributed by atoms with E-state index in [1.54, 1.807) is 12.1 Å². The molecule has 0 unspecified atom stereocenters. The highest BCUT2D eigenvalue weighted by Gasteiger charge is 2.09. The molecule has 0 saturated heterocycles. The van der Waals surface area contributed by atoms with E-state index in [0.717, 1.165) is 6.08 Å². The van der Waals surface area contributed by atoms with Gasteiger partial charge in [-0.2, -0.15) is 0 Å². The molecule has 1 amide bonds. The maximum absolute atomic E-state index is 13.4. The number of benzene rings is 2. The molecule has 7 heteroatoms. The minimum atomic E-state index is -0.773. The summed E-state index contributed by atoms with van der Waals surface area (Å²) < 4.78 is 18.1. The van der Waals surface area contributed by atoms with Crippen molar-refractivity contribution in [3.8, 4) is 0 Å². The van der Waals surface area contributed by atoms with Crippen LogP contribution in [0.1, 0.15) is 5.56 Å². The van der Waals surface area contributed by atoms with E-state index in [9.17, 15) is 14.0 Å². The number of rotatable bonds is 5. The van der Waals surface area contributed by atoms with E-state index in [0.29, 0.717) is 15.7 Å². The number of ether oxygens (including phenoxy) is 1. The van der Waals surface area contributed by atoms with Crippen LogP contribution in [0.25, 0.3) is 6.08 Å². The molecule has 0 spiro atoms. The van der Waals surface area contributed by atoms with Gasteiger partial charge in [0, 0.05) is 16.7 Å². The monoisotopic (exact) mass is 367 g/mol. The number of anilines is 1. The van der Waals surface area contributed by atoms with Gasteiger partial charge in [-0.15, -0.1) is 0 Å². The molecule has 2 aromatic carbocycles. The minimum absolute atomic E-state index is 0.240. The van der Waals surface area contributed by atoms with Crippen molar-refractivity contribution in [1.29, 1.82) is 0 Å². The summed E-state index contributed by atoms with van der Waals surface area (Å²) in [7, 11) is 0. The second kappa shape index (κ2) is 8.47. The first kappa shape index (κ1) is 18.0. The Morgan fingerprint density at radius 2 is 1.92 bits per heavy atom. The van der Waals surface area contributed by atoms with E-state index in [2.05, 4.69) is 5.32 Å². The molecule has 0 fully saturated rings. The molecule has 0 bridgehead atoms. The van der Waals surface area contributed by atoms with Crippen LogP contribution in [-0.4, -0.2) is 18.5 Å². The molecule has 2 aromatic rings. The van der Waals surface area contributed by atoms with Crippen LogP contribution in [0.4, 0.5) is 10.1 Å². The Morgan fingerprint density at radius 3 is 2.67 bits per heavy atom. The molecule has 0 aliphatic carbocycles. The molecule has 0 aromatic heterocycles. The molecule has 0 aliphatic heterocycles. The Kier molecular flexibility index (Phi) is 6.35. The van der Waals surface area contributed by atoms with Gasteiger partial charge in [-0.1, -0.05) is 41.4 Å². The summed E-state index contributed by atoms with van der Waals surface area (Å²) in [5, 5.41) is 3.18.